The van der Waals surface area contributed by atoms with Crippen LogP contribution in [0.25, 0.3) is 0 Å². The van der Waals surface area contributed by atoms with Crippen LogP contribution in [0.4, 0.5) is 0 Å². The SMILES string of the molecule is c1ccc2c(c1)CCC2NC1CCCNCC1. The first-order chi connectivity index (χ1) is 8.43. The van der Waals surface area contributed by atoms with Crippen LogP contribution in [-0.4, -0.2) is 19.1 Å². The second-order valence-corrected chi connectivity index (χ2v) is 5.33. The molecule has 0 amide bonds. The van der Waals surface area contributed by atoms with E-state index in [1.165, 1.54) is 45.2 Å². The molecule has 2 atom stereocenters. The van der Waals surface area contributed by atoms with Crippen LogP contribution in [0.5, 0.6) is 0 Å². The smallest absolute Gasteiger partial charge is 0.0328 e. The molecule has 2 aliphatic rings. The molecule has 3 rings (SSSR count). The van der Waals surface area contributed by atoms with E-state index in [4.69, 9.17) is 0 Å². The maximum atomic E-state index is 3.87. The monoisotopic (exact) mass is 230 g/mol. The van der Waals surface area contributed by atoms with Crippen molar-refractivity contribution in [2.24, 2.45) is 0 Å². The molecule has 0 radical (unpaired) electrons. The summed E-state index contributed by atoms with van der Waals surface area (Å²) in [4.78, 5) is 0. The third-order valence-corrected chi connectivity index (χ3v) is 4.15. The van der Waals surface area contributed by atoms with Crippen molar-refractivity contribution < 1.29 is 0 Å². The number of benzene rings is 1. The van der Waals surface area contributed by atoms with E-state index in [1.807, 2.05) is 0 Å². The summed E-state index contributed by atoms with van der Waals surface area (Å²) in [6.07, 6.45) is 6.44. The predicted octanol–water partition coefficient (Wildman–Crippen LogP) is 2.41. The van der Waals surface area contributed by atoms with Crippen LogP contribution in [-0.2, 0) is 6.42 Å². The first kappa shape index (κ1) is 11.2. The van der Waals surface area contributed by atoms with E-state index >= 15 is 0 Å². The van der Waals surface area contributed by atoms with Crippen molar-refractivity contribution in [3.8, 4) is 0 Å². The van der Waals surface area contributed by atoms with Gasteiger partial charge in [0.1, 0.15) is 0 Å². The van der Waals surface area contributed by atoms with E-state index in [0.29, 0.717) is 12.1 Å². The van der Waals surface area contributed by atoms with Crippen molar-refractivity contribution >= 4 is 0 Å². The molecule has 17 heavy (non-hydrogen) atoms. The van der Waals surface area contributed by atoms with Crippen molar-refractivity contribution in [1.29, 1.82) is 0 Å². The van der Waals surface area contributed by atoms with Gasteiger partial charge in [-0.15, -0.1) is 0 Å². The van der Waals surface area contributed by atoms with E-state index in [-0.39, 0.29) is 0 Å². The molecular weight excluding hydrogens is 208 g/mol. The quantitative estimate of drug-likeness (QED) is 0.815. The van der Waals surface area contributed by atoms with Gasteiger partial charge < -0.3 is 10.6 Å². The fraction of sp³-hybridized carbons (Fsp3) is 0.600. The molecule has 1 aliphatic carbocycles. The van der Waals surface area contributed by atoms with Gasteiger partial charge in [-0.3, -0.25) is 0 Å². The Hall–Kier alpha value is -0.860. The highest BCUT2D eigenvalue weighted by molar-refractivity contribution is 5.34. The maximum Gasteiger partial charge on any atom is 0.0328 e. The van der Waals surface area contributed by atoms with E-state index in [1.54, 1.807) is 11.1 Å². The van der Waals surface area contributed by atoms with Crippen LogP contribution in [0.15, 0.2) is 24.3 Å². The summed E-state index contributed by atoms with van der Waals surface area (Å²) < 4.78 is 0. The highest BCUT2D eigenvalue weighted by Crippen LogP contribution is 2.31. The van der Waals surface area contributed by atoms with Crippen molar-refractivity contribution in [2.75, 3.05) is 13.1 Å². The Labute approximate surface area is 104 Å². The normalized spacial score (nSPS) is 28.7. The third kappa shape index (κ3) is 2.53. The van der Waals surface area contributed by atoms with Gasteiger partial charge in [0.25, 0.3) is 0 Å². The van der Waals surface area contributed by atoms with Gasteiger partial charge in [0.2, 0.25) is 0 Å². The lowest BCUT2D eigenvalue weighted by Crippen LogP contribution is -2.32. The van der Waals surface area contributed by atoms with Crippen LogP contribution in [0.1, 0.15) is 42.9 Å². The van der Waals surface area contributed by atoms with Crippen molar-refractivity contribution in [1.82, 2.24) is 10.6 Å². The van der Waals surface area contributed by atoms with Gasteiger partial charge in [0.15, 0.2) is 0 Å². The zero-order valence-corrected chi connectivity index (χ0v) is 10.4. The van der Waals surface area contributed by atoms with E-state index in [0.717, 1.165) is 0 Å². The second kappa shape index (κ2) is 5.19. The first-order valence-corrected chi connectivity index (χ1v) is 6.98. The van der Waals surface area contributed by atoms with Gasteiger partial charge >= 0.3 is 0 Å². The zero-order valence-electron chi connectivity index (χ0n) is 10.4. The summed E-state index contributed by atoms with van der Waals surface area (Å²) in [5.74, 6) is 0. The molecule has 2 nitrogen and oxygen atoms in total. The molecule has 92 valence electrons. The molecule has 1 fully saturated rings. The fourth-order valence-electron chi connectivity index (χ4n) is 3.20. The highest BCUT2D eigenvalue weighted by Gasteiger charge is 2.24. The van der Waals surface area contributed by atoms with Crippen molar-refractivity contribution in [2.45, 2.75) is 44.2 Å². The number of nitrogens with one attached hydrogen (secondary N) is 2. The van der Waals surface area contributed by atoms with E-state index in [2.05, 4.69) is 34.9 Å². The molecule has 1 aromatic rings. The predicted molar refractivity (Wildman–Crippen MR) is 71.1 cm³/mol. The van der Waals surface area contributed by atoms with Crippen molar-refractivity contribution in [3.63, 3.8) is 0 Å². The number of rotatable bonds is 2. The number of hydrogen-bond acceptors (Lipinski definition) is 2. The third-order valence-electron chi connectivity index (χ3n) is 4.15. The Balaban J connectivity index is 1.66. The minimum Gasteiger partial charge on any atom is -0.317 e. The summed E-state index contributed by atoms with van der Waals surface area (Å²) >= 11 is 0. The molecule has 0 aromatic heterocycles. The van der Waals surface area contributed by atoms with Gasteiger partial charge in [-0.25, -0.2) is 0 Å². The first-order valence-electron chi connectivity index (χ1n) is 6.98. The number of hydrogen-bond donors (Lipinski definition) is 2. The fourth-order valence-corrected chi connectivity index (χ4v) is 3.20. The molecule has 1 heterocycles. The molecule has 0 spiro atoms. The lowest BCUT2D eigenvalue weighted by Gasteiger charge is -2.22. The van der Waals surface area contributed by atoms with Crippen molar-refractivity contribution in [3.05, 3.63) is 35.4 Å². The Bertz CT molecular complexity index is 367. The lowest BCUT2D eigenvalue weighted by molar-refractivity contribution is 0.403. The molecule has 0 bridgehead atoms. The van der Waals surface area contributed by atoms with Gasteiger partial charge in [0, 0.05) is 12.1 Å². The molecule has 1 aromatic carbocycles. The van der Waals surface area contributed by atoms with Gasteiger partial charge in [-0.2, -0.15) is 0 Å². The zero-order chi connectivity index (χ0) is 11.5. The topological polar surface area (TPSA) is 24.1 Å². The lowest BCUT2D eigenvalue weighted by atomic mass is 10.0. The average molecular weight is 230 g/mol. The summed E-state index contributed by atoms with van der Waals surface area (Å²) in [7, 11) is 0. The number of fused-ring (bicyclic) bond motifs is 1. The van der Waals surface area contributed by atoms with E-state index < -0.39 is 0 Å². The molecule has 1 aliphatic heterocycles. The van der Waals surface area contributed by atoms with Crippen LogP contribution < -0.4 is 10.6 Å². The molecule has 2 heteroatoms. The molecule has 0 saturated carbocycles. The Morgan fingerprint density at radius 2 is 2.00 bits per heavy atom. The molecular formula is C15H22N2. The van der Waals surface area contributed by atoms with Gasteiger partial charge in [0.05, 0.1) is 0 Å². The maximum absolute atomic E-state index is 3.87. The van der Waals surface area contributed by atoms with Gasteiger partial charge in [-0.1, -0.05) is 24.3 Å². The Morgan fingerprint density at radius 1 is 1.06 bits per heavy atom. The standard InChI is InChI=1S/C15H22N2/c1-2-6-14-12(4-1)7-8-15(14)17-13-5-3-10-16-11-9-13/h1-2,4,6,13,15-17H,3,5,7-11H2. The van der Waals surface area contributed by atoms with Crippen LogP contribution >= 0.6 is 0 Å². The van der Waals surface area contributed by atoms with E-state index in [9.17, 15) is 0 Å². The van der Waals surface area contributed by atoms with Crippen LogP contribution in [0, 0.1) is 0 Å². The Kier molecular flexibility index (Phi) is 3.44. The largest absolute Gasteiger partial charge is 0.317 e. The minimum absolute atomic E-state index is 0.606. The Morgan fingerprint density at radius 3 is 3.00 bits per heavy atom. The van der Waals surface area contributed by atoms with Gasteiger partial charge in [-0.05, 0) is 56.3 Å². The molecule has 2 unspecified atom stereocenters. The summed E-state index contributed by atoms with van der Waals surface area (Å²) in [6, 6.07) is 10.2. The molecule has 1 saturated heterocycles. The highest BCUT2D eigenvalue weighted by atomic mass is 15.0. The minimum atomic E-state index is 0.606. The summed E-state index contributed by atoms with van der Waals surface area (Å²) in [6.45, 7) is 2.37. The van der Waals surface area contributed by atoms with Crippen LogP contribution in [0.2, 0.25) is 0 Å². The average Bonchev–Trinajstić information content (AvgIpc) is 2.59. The molecule has 2 N–H and O–H groups in total. The number of aryl methyl sites for hydroxylation is 1. The van der Waals surface area contributed by atoms with Crippen LogP contribution in [0.3, 0.4) is 0 Å². The summed E-state index contributed by atoms with van der Waals surface area (Å²) in [5.41, 5.74) is 3.10. The summed E-state index contributed by atoms with van der Waals surface area (Å²) in [5, 5.41) is 7.36. The second-order valence-electron chi connectivity index (χ2n) is 5.33.